The SMILES string of the molecule is CCc1ccc(Oc2ccc(/C=C(\C(=O)O)c3ccccc3)cc2)cc1. The highest BCUT2D eigenvalue weighted by atomic mass is 16.5. The first-order valence-corrected chi connectivity index (χ1v) is 8.53. The zero-order valence-electron chi connectivity index (χ0n) is 14.6. The van der Waals surface area contributed by atoms with Crippen molar-refractivity contribution in [1.29, 1.82) is 0 Å². The van der Waals surface area contributed by atoms with Crippen molar-refractivity contribution in [3.63, 3.8) is 0 Å². The Hall–Kier alpha value is -3.33. The third kappa shape index (κ3) is 4.39. The Morgan fingerprint density at radius 3 is 2.00 bits per heavy atom. The molecule has 0 unspecified atom stereocenters. The first-order chi connectivity index (χ1) is 12.7. The van der Waals surface area contributed by atoms with Gasteiger partial charge in [0.05, 0.1) is 5.57 Å². The molecule has 0 heterocycles. The largest absolute Gasteiger partial charge is 0.478 e. The maximum Gasteiger partial charge on any atom is 0.336 e. The second kappa shape index (κ2) is 8.17. The third-order valence-electron chi connectivity index (χ3n) is 4.07. The van der Waals surface area contributed by atoms with E-state index in [0.29, 0.717) is 11.3 Å². The van der Waals surface area contributed by atoms with Crippen LogP contribution < -0.4 is 4.74 Å². The first kappa shape index (κ1) is 17.5. The predicted molar refractivity (Wildman–Crippen MR) is 104 cm³/mol. The highest BCUT2D eigenvalue weighted by Crippen LogP contribution is 2.24. The maximum atomic E-state index is 11.6. The molecule has 26 heavy (non-hydrogen) atoms. The number of hydrogen-bond acceptors (Lipinski definition) is 2. The van der Waals surface area contributed by atoms with Gasteiger partial charge in [0.2, 0.25) is 0 Å². The Bertz CT molecular complexity index is 892. The minimum absolute atomic E-state index is 0.259. The molecule has 3 heteroatoms. The highest BCUT2D eigenvalue weighted by molar-refractivity contribution is 6.20. The van der Waals surface area contributed by atoms with Crippen LogP contribution in [0.4, 0.5) is 0 Å². The van der Waals surface area contributed by atoms with Crippen LogP contribution in [0.3, 0.4) is 0 Å². The fourth-order valence-electron chi connectivity index (χ4n) is 2.61. The Balaban J connectivity index is 1.78. The molecule has 0 aliphatic rings. The summed E-state index contributed by atoms with van der Waals surface area (Å²) < 4.78 is 5.83. The summed E-state index contributed by atoms with van der Waals surface area (Å²) in [5, 5.41) is 9.49. The lowest BCUT2D eigenvalue weighted by molar-refractivity contribution is -0.130. The molecule has 1 N–H and O–H groups in total. The molecule has 3 aromatic carbocycles. The number of carboxylic acids is 1. The Kier molecular flexibility index (Phi) is 5.49. The summed E-state index contributed by atoms with van der Waals surface area (Å²) in [5.41, 5.74) is 3.01. The number of aliphatic carboxylic acids is 1. The second-order valence-electron chi connectivity index (χ2n) is 5.90. The van der Waals surface area contributed by atoms with E-state index in [1.807, 2.05) is 66.7 Å². The average molecular weight is 344 g/mol. The zero-order chi connectivity index (χ0) is 18.4. The van der Waals surface area contributed by atoms with Gasteiger partial charge in [-0.15, -0.1) is 0 Å². The highest BCUT2D eigenvalue weighted by Gasteiger charge is 2.10. The first-order valence-electron chi connectivity index (χ1n) is 8.53. The number of carbonyl (C=O) groups is 1. The van der Waals surface area contributed by atoms with Crippen LogP contribution in [0.5, 0.6) is 11.5 Å². The number of rotatable bonds is 6. The molecule has 0 atom stereocenters. The molecule has 0 saturated heterocycles. The van der Waals surface area contributed by atoms with Crippen LogP contribution in [-0.4, -0.2) is 11.1 Å². The lowest BCUT2D eigenvalue weighted by Gasteiger charge is -2.07. The molecule has 0 saturated carbocycles. The molecule has 3 nitrogen and oxygen atoms in total. The topological polar surface area (TPSA) is 46.5 Å². The van der Waals surface area contributed by atoms with Gasteiger partial charge in [0.15, 0.2) is 0 Å². The van der Waals surface area contributed by atoms with E-state index >= 15 is 0 Å². The van der Waals surface area contributed by atoms with E-state index in [-0.39, 0.29) is 5.57 Å². The fraction of sp³-hybridized carbons (Fsp3) is 0.0870. The van der Waals surface area contributed by atoms with E-state index in [9.17, 15) is 9.90 Å². The normalized spacial score (nSPS) is 11.2. The molecule has 0 fully saturated rings. The quantitative estimate of drug-likeness (QED) is 0.463. The summed E-state index contributed by atoms with van der Waals surface area (Å²) in [6.45, 7) is 2.11. The van der Waals surface area contributed by atoms with Gasteiger partial charge >= 0.3 is 5.97 Å². The molecular weight excluding hydrogens is 324 g/mol. The van der Waals surface area contributed by atoms with Gasteiger partial charge in [-0.3, -0.25) is 0 Å². The number of hydrogen-bond donors (Lipinski definition) is 1. The van der Waals surface area contributed by atoms with Crippen molar-refractivity contribution in [2.45, 2.75) is 13.3 Å². The zero-order valence-corrected chi connectivity index (χ0v) is 14.6. The van der Waals surface area contributed by atoms with Gasteiger partial charge in [-0.2, -0.15) is 0 Å². The van der Waals surface area contributed by atoms with E-state index in [0.717, 1.165) is 17.7 Å². The van der Waals surface area contributed by atoms with Crippen molar-refractivity contribution in [3.8, 4) is 11.5 Å². The smallest absolute Gasteiger partial charge is 0.336 e. The average Bonchev–Trinajstić information content (AvgIpc) is 2.68. The van der Waals surface area contributed by atoms with Gasteiger partial charge < -0.3 is 9.84 Å². The Labute approximate surface area is 153 Å². The van der Waals surface area contributed by atoms with Crippen LogP contribution in [0.25, 0.3) is 11.6 Å². The van der Waals surface area contributed by atoms with Crippen LogP contribution in [-0.2, 0) is 11.2 Å². The van der Waals surface area contributed by atoms with E-state index in [1.54, 1.807) is 18.2 Å². The van der Waals surface area contributed by atoms with Gasteiger partial charge in [-0.1, -0.05) is 61.5 Å². The minimum atomic E-state index is -0.951. The van der Waals surface area contributed by atoms with E-state index in [4.69, 9.17) is 4.74 Å². The fourth-order valence-corrected chi connectivity index (χ4v) is 2.61. The monoisotopic (exact) mass is 344 g/mol. The van der Waals surface area contributed by atoms with Crippen LogP contribution >= 0.6 is 0 Å². The van der Waals surface area contributed by atoms with Crippen molar-refractivity contribution in [3.05, 3.63) is 95.6 Å². The number of carboxylic acid groups (broad SMARTS) is 1. The summed E-state index contributed by atoms with van der Waals surface area (Å²) in [6.07, 6.45) is 2.66. The molecule has 0 amide bonds. The molecule has 0 aliphatic heterocycles. The molecule has 3 aromatic rings. The van der Waals surface area contributed by atoms with Gasteiger partial charge in [-0.25, -0.2) is 4.79 Å². The van der Waals surface area contributed by atoms with Crippen LogP contribution in [0, 0.1) is 0 Å². The molecule has 0 spiro atoms. The number of benzene rings is 3. The van der Waals surface area contributed by atoms with Gasteiger partial charge in [0.1, 0.15) is 11.5 Å². The molecular formula is C23H20O3. The van der Waals surface area contributed by atoms with Gasteiger partial charge in [0.25, 0.3) is 0 Å². The lowest BCUT2D eigenvalue weighted by atomic mass is 10.0. The molecule has 3 rings (SSSR count). The predicted octanol–water partition coefficient (Wildman–Crippen LogP) is 5.67. The maximum absolute atomic E-state index is 11.6. The molecule has 0 bridgehead atoms. The van der Waals surface area contributed by atoms with Crippen LogP contribution in [0.15, 0.2) is 78.9 Å². The summed E-state index contributed by atoms with van der Waals surface area (Å²) in [7, 11) is 0. The second-order valence-corrected chi connectivity index (χ2v) is 5.90. The summed E-state index contributed by atoms with van der Waals surface area (Å²) in [5.74, 6) is 0.538. The summed E-state index contributed by atoms with van der Waals surface area (Å²) in [4.78, 5) is 11.6. The van der Waals surface area contributed by atoms with Crippen LogP contribution in [0.2, 0.25) is 0 Å². The van der Waals surface area contributed by atoms with E-state index < -0.39 is 5.97 Å². The Morgan fingerprint density at radius 1 is 0.885 bits per heavy atom. The van der Waals surface area contributed by atoms with Crippen molar-refractivity contribution >= 4 is 17.6 Å². The van der Waals surface area contributed by atoms with Crippen molar-refractivity contribution < 1.29 is 14.6 Å². The molecule has 0 aromatic heterocycles. The lowest BCUT2D eigenvalue weighted by Crippen LogP contribution is -1.99. The van der Waals surface area contributed by atoms with E-state index in [2.05, 4.69) is 6.92 Å². The third-order valence-corrected chi connectivity index (χ3v) is 4.07. The number of ether oxygens (including phenoxy) is 1. The molecule has 0 aliphatic carbocycles. The van der Waals surface area contributed by atoms with Crippen molar-refractivity contribution in [1.82, 2.24) is 0 Å². The number of aryl methyl sites for hydroxylation is 1. The summed E-state index contributed by atoms with van der Waals surface area (Å²) in [6, 6.07) is 24.5. The molecule has 0 radical (unpaired) electrons. The summed E-state index contributed by atoms with van der Waals surface area (Å²) >= 11 is 0. The Morgan fingerprint density at radius 2 is 1.46 bits per heavy atom. The van der Waals surface area contributed by atoms with Crippen LogP contribution in [0.1, 0.15) is 23.6 Å². The minimum Gasteiger partial charge on any atom is -0.478 e. The van der Waals surface area contributed by atoms with E-state index in [1.165, 1.54) is 5.56 Å². The molecule has 130 valence electrons. The van der Waals surface area contributed by atoms with Crippen molar-refractivity contribution in [2.75, 3.05) is 0 Å². The van der Waals surface area contributed by atoms with Gasteiger partial charge in [-0.05, 0) is 53.5 Å². The van der Waals surface area contributed by atoms with Gasteiger partial charge in [0, 0.05) is 0 Å². The van der Waals surface area contributed by atoms with Crippen molar-refractivity contribution in [2.24, 2.45) is 0 Å². The standard InChI is InChI=1S/C23H20O3/c1-2-17-8-12-20(13-9-17)26-21-14-10-18(11-15-21)16-22(23(24)25)19-6-4-3-5-7-19/h3-16H,2H2,1H3,(H,24,25)/b22-16-.